The lowest BCUT2D eigenvalue weighted by Crippen LogP contribution is -2.28. The molecule has 0 N–H and O–H groups in total. The van der Waals surface area contributed by atoms with Crippen molar-refractivity contribution in [2.24, 2.45) is 0 Å². The van der Waals surface area contributed by atoms with E-state index in [2.05, 4.69) is 218 Å². The molecule has 1 heterocycles. The van der Waals surface area contributed by atoms with Crippen molar-refractivity contribution in [3.63, 3.8) is 0 Å². The van der Waals surface area contributed by atoms with Crippen molar-refractivity contribution < 1.29 is 0 Å². The van der Waals surface area contributed by atoms with Gasteiger partial charge in [-0.1, -0.05) is 231 Å². The Bertz CT molecular complexity index is 3770. The summed E-state index contributed by atoms with van der Waals surface area (Å²) >= 11 is 0. The normalized spacial score (nSPS) is 12.7. The Morgan fingerprint density at radius 3 is 1.34 bits per heavy atom. The molecule has 13 rings (SSSR count). The average molecular weight is 826 g/mol. The largest absolute Gasteiger partial charge is 0.208 e. The van der Waals surface area contributed by atoms with Gasteiger partial charge in [0.1, 0.15) is 0 Å². The number of fused-ring (bicyclic) bond motifs is 11. The molecule has 0 atom stereocenters. The summed E-state index contributed by atoms with van der Waals surface area (Å²) in [5, 5.41) is 10.1. The zero-order valence-electron chi connectivity index (χ0n) is 35.4. The van der Waals surface area contributed by atoms with Crippen LogP contribution >= 0.6 is 0 Å². The molecular formula is C62H39N3. The highest BCUT2D eigenvalue weighted by molar-refractivity contribution is 6.33. The third-order valence-electron chi connectivity index (χ3n) is 13.6. The smallest absolute Gasteiger partial charge is 0.164 e. The van der Waals surface area contributed by atoms with Crippen LogP contribution in [0.15, 0.2) is 237 Å². The first-order chi connectivity index (χ1) is 32.3. The van der Waals surface area contributed by atoms with Crippen LogP contribution in [0.1, 0.15) is 22.3 Å². The number of benzene rings is 11. The molecule has 12 aromatic rings. The topological polar surface area (TPSA) is 38.7 Å². The Hall–Kier alpha value is -8.53. The van der Waals surface area contributed by atoms with Gasteiger partial charge in [-0.3, -0.25) is 0 Å². The van der Waals surface area contributed by atoms with Crippen molar-refractivity contribution in [3.05, 3.63) is 259 Å². The average Bonchev–Trinajstić information content (AvgIpc) is 3.70. The lowest BCUT2D eigenvalue weighted by molar-refractivity contribution is 0.768. The van der Waals surface area contributed by atoms with Gasteiger partial charge in [0.2, 0.25) is 0 Å². The molecule has 0 radical (unpaired) electrons. The molecule has 0 saturated carbocycles. The fourth-order valence-electron chi connectivity index (χ4n) is 10.8. The first-order valence-electron chi connectivity index (χ1n) is 22.3. The zero-order valence-corrected chi connectivity index (χ0v) is 35.4. The second-order valence-corrected chi connectivity index (χ2v) is 17.0. The van der Waals surface area contributed by atoms with Gasteiger partial charge in [0.15, 0.2) is 17.5 Å². The summed E-state index contributed by atoms with van der Waals surface area (Å²) in [6.45, 7) is 0. The zero-order chi connectivity index (χ0) is 42.9. The molecule has 0 aliphatic heterocycles. The van der Waals surface area contributed by atoms with E-state index < -0.39 is 5.41 Å². The fraction of sp³-hybridized carbons (Fsp3) is 0.0161. The van der Waals surface area contributed by atoms with E-state index in [0.29, 0.717) is 17.5 Å². The standard InChI is InChI=1S/C62H39N3/c1-4-19-41(20-5-1)59-63-60(42-37-35-40(36-38-42)53-39-54-47-27-11-10-25-45(47)46-26-12-14-29-49(46)57(54)50-30-15-13-28-48(50)53)65-61(64-59)52-32-18-34-56-58(52)51-31-16-17-33-55(51)62(56,43-21-6-2-7-22-43)44-23-8-3-9-24-44/h1-39H. The molecule has 302 valence electrons. The molecule has 1 aliphatic rings. The van der Waals surface area contributed by atoms with Crippen molar-refractivity contribution in [2.75, 3.05) is 0 Å². The Labute approximate surface area is 377 Å². The van der Waals surface area contributed by atoms with Crippen molar-refractivity contribution in [2.45, 2.75) is 5.41 Å². The Morgan fingerprint density at radius 1 is 0.262 bits per heavy atom. The number of nitrogens with zero attached hydrogens (tertiary/aromatic N) is 3. The lowest BCUT2D eigenvalue weighted by atomic mass is 9.67. The second-order valence-electron chi connectivity index (χ2n) is 17.0. The Kier molecular flexibility index (Phi) is 8.44. The summed E-state index contributed by atoms with van der Waals surface area (Å²) in [5.74, 6) is 1.90. The molecule has 0 amide bonds. The molecular weight excluding hydrogens is 787 g/mol. The van der Waals surface area contributed by atoms with E-state index in [-0.39, 0.29) is 0 Å². The minimum atomic E-state index is -0.537. The van der Waals surface area contributed by atoms with Gasteiger partial charge in [-0.15, -0.1) is 0 Å². The molecule has 11 aromatic carbocycles. The van der Waals surface area contributed by atoms with Crippen LogP contribution in [0.5, 0.6) is 0 Å². The van der Waals surface area contributed by atoms with Crippen LogP contribution in [0.3, 0.4) is 0 Å². The number of hydrogen-bond acceptors (Lipinski definition) is 3. The molecule has 3 heteroatoms. The van der Waals surface area contributed by atoms with E-state index in [1.807, 2.05) is 18.2 Å². The van der Waals surface area contributed by atoms with Gasteiger partial charge in [-0.2, -0.15) is 0 Å². The van der Waals surface area contributed by atoms with E-state index in [1.165, 1.54) is 76.5 Å². The first-order valence-corrected chi connectivity index (χ1v) is 22.3. The Morgan fingerprint density at radius 2 is 0.692 bits per heavy atom. The van der Waals surface area contributed by atoms with E-state index >= 15 is 0 Å². The predicted molar refractivity (Wildman–Crippen MR) is 269 cm³/mol. The van der Waals surface area contributed by atoms with Crippen molar-refractivity contribution in [1.29, 1.82) is 0 Å². The molecule has 0 saturated heterocycles. The highest BCUT2D eigenvalue weighted by atomic mass is 15.0. The Balaban J connectivity index is 1.00. The first kappa shape index (κ1) is 37.1. The van der Waals surface area contributed by atoms with Gasteiger partial charge in [-0.25, -0.2) is 15.0 Å². The van der Waals surface area contributed by atoms with Gasteiger partial charge in [0.25, 0.3) is 0 Å². The van der Waals surface area contributed by atoms with Crippen molar-refractivity contribution in [3.8, 4) is 56.4 Å². The molecule has 1 aliphatic carbocycles. The number of hydrogen-bond donors (Lipinski definition) is 0. The van der Waals surface area contributed by atoms with Crippen LogP contribution in [0, 0.1) is 0 Å². The highest BCUT2D eigenvalue weighted by Gasteiger charge is 2.47. The van der Waals surface area contributed by atoms with E-state index in [9.17, 15) is 0 Å². The monoisotopic (exact) mass is 825 g/mol. The van der Waals surface area contributed by atoms with Gasteiger partial charge >= 0.3 is 0 Å². The molecule has 0 bridgehead atoms. The minimum Gasteiger partial charge on any atom is -0.208 e. The molecule has 0 fully saturated rings. The van der Waals surface area contributed by atoms with E-state index in [4.69, 9.17) is 15.0 Å². The fourth-order valence-corrected chi connectivity index (χ4v) is 10.8. The molecule has 0 spiro atoms. The van der Waals surface area contributed by atoms with Crippen molar-refractivity contribution >= 4 is 43.1 Å². The minimum absolute atomic E-state index is 0.537. The van der Waals surface area contributed by atoms with Crippen LogP contribution in [0.25, 0.3) is 99.5 Å². The summed E-state index contributed by atoms with van der Waals surface area (Å²) < 4.78 is 0. The van der Waals surface area contributed by atoms with Crippen molar-refractivity contribution in [1.82, 2.24) is 15.0 Å². The lowest BCUT2D eigenvalue weighted by Gasteiger charge is -2.33. The summed E-state index contributed by atoms with van der Waals surface area (Å²) in [6.07, 6.45) is 0. The van der Waals surface area contributed by atoms with Gasteiger partial charge in [-0.05, 0) is 93.7 Å². The van der Waals surface area contributed by atoms with Gasteiger partial charge in [0, 0.05) is 16.7 Å². The second kappa shape index (κ2) is 14.8. The molecule has 0 unspecified atom stereocenters. The van der Waals surface area contributed by atoms with Gasteiger partial charge < -0.3 is 0 Å². The summed E-state index contributed by atoms with van der Waals surface area (Å²) in [7, 11) is 0. The third kappa shape index (κ3) is 5.65. The quantitative estimate of drug-likeness (QED) is 0.157. The van der Waals surface area contributed by atoms with Crippen LogP contribution in [-0.4, -0.2) is 15.0 Å². The maximum absolute atomic E-state index is 5.38. The summed E-state index contributed by atoms with van der Waals surface area (Å²) in [6, 6.07) is 85.2. The SMILES string of the molecule is c1ccc(-c2nc(-c3ccc(-c4cc5c6ccccc6c6ccccc6c5c5ccccc45)cc3)nc(-c3cccc4c3-c3ccccc3C4(c3ccccc3)c3ccccc3)n2)cc1. The van der Waals surface area contributed by atoms with E-state index in [1.54, 1.807) is 0 Å². The van der Waals surface area contributed by atoms with Crippen LogP contribution in [0.4, 0.5) is 0 Å². The summed E-state index contributed by atoms with van der Waals surface area (Å²) in [4.78, 5) is 15.9. The maximum atomic E-state index is 5.38. The number of rotatable bonds is 6. The molecule has 1 aromatic heterocycles. The van der Waals surface area contributed by atoms with Crippen LogP contribution in [0.2, 0.25) is 0 Å². The third-order valence-corrected chi connectivity index (χ3v) is 13.6. The van der Waals surface area contributed by atoms with E-state index in [0.717, 1.165) is 27.8 Å². The van der Waals surface area contributed by atoms with Crippen LogP contribution in [-0.2, 0) is 5.41 Å². The highest BCUT2D eigenvalue weighted by Crippen LogP contribution is 2.58. The number of aromatic nitrogens is 3. The maximum Gasteiger partial charge on any atom is 0.164 e. The molecule has 65 heavy (non-hydrogen) atoms. The van der Waals surface area contributed by atoms with Gasteiger partial charge in [0.05, 0.1) is 5.41 Å². The van der Waals surface area contributed by atoms with Crippen LogP contribution < -0.4 is 0 Å². The summed E-state index contributed by atoms with van der Waals surface area (Å²) in [5.41, 5.74) is 11.9. The predicted octanol–water partition coefficient (Wildman–Crippen LogP) is 15.5. The molecule has 3 nitrogen and oxygen atoms in total.